The van der Waals surface area contributed by atoms with Crippen LogP contribution in [0.25, 0.3) is 0 Å². The Labute approximate surface area is 122 Å². The molecule has 114 valence electrons. The molecule has 1 aromatic carbocycles. The maximum absolute atomic E-state index is 10.8. The highest BCUT2D eigenvalue weighted by Crippen LogP contribution is 2.33. The van der Waals surface area contributed by atoms with Gasteiger partial charge >= 0.3 is 5.97 Å². The first kappa shape index (κ1) is 15.4. The second-order valence-corrected chi connectivity index (χ2v) is 5.57. The van der Waals surface area contributed by atoms with Crippen LogP contribution < -0.4 is 0 Å². The number of carboxylic acid groups (broad SMARTS) is 1. The average molecular weight is 294 g/mol. The van der Waals surface area contributed by atoms with Gasteiger partial charge in [0.1, 0.15) is 6.61 Å². The molecule has 1 N–H and O–H groups in total. The van der Waals surface area contributed by atoms with E-state index in [0.717, 1.165) is 5.56 Å². The van der Waals surface area contributed by atoms with Gasteiger partial charge in [-0.2, -0.15) is 0 Å². The van der Waals surface area contributed by atoms with Crippen molar-refractivity contribution >= 4 is 11.7 Å². The maximum Gasteiger partial charge on any atom is 0.329 e. The summed E-state index contributed by atoms with van der Waals surface area (Å²) in [6.45, 7) is 4.73. The van der Waals surface area contributed by atoms with Crippen LogP contribution in [0.5, 0.6) is 0 Å². The van der Waals surface area contributed by atoms with Crippen molar-refractivity contribution < 1.29 is 19.6 Å². The van der Waals surface area contributed by atoms with Gasteiger partial charge in [0.25, 0.3) is 5.69 Å². The molecule has 0 radical (unpaired) electrons. The predicted molar refractivity (Wildman–Crippen MR) is 75.1 cm³/mol. The molecule has 0 amide bonds. The highest BCUT2D eigenvalue weighted by Gasteiger charge is 2.42. The molecule has 1 aliphatic heterocycles. The standard InChI is InChI=1S/C14H18N2O5/c1-10(11-4-3-5-12(6-11)16(19)20)15-8-14(2,9-15)21-7-13(17)18/h3-6,10H,7-9H2,1-2H3,(H,17,18). The molecule has 21 heavy (non-hydrogen) atoms. The Morgan fingerprint density at radius 1 is 1.57 bits per heavy atom. The van der Waals surface area contributed by atoms with Crippen molar-refractivity contribution in [2.24, 2.45) is 0 Å². The monoisotopic (exact) mass is 294 g/mol. The summed E-state index contributed by atoms with van der Waals surface area (Å²) in [4.78, 5) is 23.0. The zero-order valence-electron chi connectivity index (χ0n) is 12.0. The minimum absolute atomic E-state index is 0.0198. The lowest BCUT2D eigenvalue weighted by Gasteiger charge is -2.50. The fourth-order valence-electron chi connectivity index (χ4n) is 2.52. The van der Waals surface area contributed by atoms with Gasteiger partial charge in [0.15, 0.2) is 0 Å². The smallest absolute Gasteiger partial charge is 0.329 e. The van der Waals surface area contributed by atoms with Gasteiger partial charge in [0, 0.05) is 31.3 Å². The van der Waals surface area contributed by atoms with E-state index in [-0.39, 0.29) is 18.3 Å². The van der Waals surface area contributed by atoms with E-state index in [9.17, 15) is 14.9 Å². The van der Waals surface area contributed by atoms with E-state index >= 15 is 0 Å². The predicted octanol–water partition coefficient (Wildman–Crippen LogP) is 1.83. The van der Waals surface area contributed by atoms with Crippen molar-refractivity contribution in [3.63, 3.8) is 0 Å². The Hall–Kier alpha value is -1.99. The molecule has 1 saturated heterocycles. The van der Waals surface area contributed by atoms with Crippen molar-refractivity contribution in [3.8, 4) is 0 Å². The summed E-state index contributed by atoms with van der Waals surface area (Å²) >= 11 is 0. The number of non-ortho nitro benzene ring substituents is 1. The molecule has 1 fully saturated rings. The lowest BCUT2D eigenvalue weighted by Crippen LogP contribution is -2.62. The molecule has 0 aromatic heterocycles. The first-order valence-electron chi connectivity index (χ1n) is 6.65. The van der Waals surface area contributed by atoms with Gasteiger partial charge in [-0.05, 0) is 19.4 Å². The van der Waals surface area contributed by atoms with Gasteiger partial charge in [-0.3, -0.25) is 15.0 Å². The summed E-state index contributed by atoms with van der Waals surface area (Å²) in [5.74, 6) is -0.985. The summed E-state index contributed by atoms with van der Waals surface area (Å²) in [6.07, 6.45) is 0. The number of nitro groups is 1. The minimum Gasteiger partial charge on any atom is -0.480 e. The van der Waals surface area contributed by atoms with Gasteiger partial charge in [-0.15, -0.1) is 0 Å². The van der Waals surface area contributed by atoms with E-state index in [2.05, 4.69) is 4.90 Å². The fourth-order valence-corrected chi connectivity index (χ4v) is 2.52. The van der Waals surface area contributed by atoms with Gasteiger partial charge < -0.3 is 9.84 Å². The Morgan fingerprint density at radius 2 is 2.24 bits per heavy atom. The van der Waals surface area contributed by atoms with E-state index in [0.29, 0.717) is 13.1 Å². The zero-order valence-corrected chi connectivity index (χ0v) is 12.0. The van der Waals surface area contributed by atoms with Crippen LogP contribution in [0, 0.1) is 10.1 Å². The molecule has 1 unspecified atom stereocenters. The Bertz CT molecular complexity index is 554. The SMILES string of the molecule is CC(c1cccc([N+](=O)[O-])c1)N1CC(C)(OCC(=O)O)C1. The highest BCUT2D eigenvalue weighted by atomic mass is 16.6. The van der Waals surface area contributed by atoms with Crippen LogP contribution in [0.4, 0.5) is 5.69 Å². The summed E-state index contributed by atoms with van der Waals surface area (Å²) in [5, 5.41) is 19.4. The lowest BCUT2D eigenvalue weighted by molar-refractivity contribution is -0.385. The molecular weight excluding hydrogens is 276 g/mol. The number of carboxylic acids is 1. The van der Waals surface area contributed by atoms with Crippen LogP contribution in [0.15, 0.2) is 24.3 Å². The van der Waals surface area contributed by atoms with Crippen LogP contribution >= 0.6 is 0 Å². The topological polar surface area (TPSA) is 92.9 Å². The van der Waals surface area contributed by atoms with Gasteiger partial charge in [0.2, 0.25) is 0 Å². The van der Waals surface area contributed by atoms with Crippen molar-refractivity contribution in [1.29, 1.82) is 0 Å². The lowest BCUT2D eigenvalue weighted by atomic mass is 9.92. The van der Waals surface area contributed by atoms with E-state index in [1.165, 1.54) is 6.07 Å². The number of likely N-dealkylation sites (tertiary alicyclic amines) is 1. The molecule has 7 heteroatoms. The normalized spacial score (nSPS) is 18.8. The largest absolute Gasteiger partial charge is 0.480 e. The molecule has 1 aliphatic rings. The summed E-state index contributed by atoms with van der Waals surface area (Å²) in [5.41, 5.74) is 0.474. The van der Waals surface area contributed by atoms with E-state index in [1.807, 2.05) is 19.9 Å². The first-order valence-corrected chi connectivity index (χ1v) is 6.65. The fraction of sp³-hybridized carbons (Fsp3) is 0.500. The van der Waals surface area contributed by atoms with E-state index < -0.39 is 16.5 Å². The molecule has 7 nitrogen and oxygen atoms in total. The van der Waals surface area contributed by atoms with Crippen LogP contribution in [0.3, 0.4) is 0 Å². The quantitative estimate of drug-likeness (QED) is 0.635. The molecule has 1 heterocycles. The number of nitro benzene ring substituents is 1. The highest BCUT2D eigenvalue weighted by molar-refractivity contribution is 5.68. The summed E-state index contributed by atoms with van der Waals surface area (Å²) in [7, 11) is 0. The minimum atomic E-state index is -0.985. The average Bonchev–Trinajstić information content (AvgIpc) is 2.41. The molecular formula is C14H18N2O5. The first-order chi connectivity index (χ1) is 9.81. The van der Waals surface area contributed by atoms with Gasteiger partial charge in [0.05, 0.1) is 10.5 Å². The van der Waals surface area contributed by atoms with Gasteiger partial charge in [-0.1, -0.05) is 12.1 Å². The van der Waals surface area contributed by atoms with Crippen LogP contribution in [0.2, 0.25) is 0 Å². The second kappa shape index (κ2) is 5.79. The number of rotatable bonds is 6. The Balaban J connectivity index is 1.97. The third-order valence-corrected chi connectivity index (χ3v) is 3.73. The van der Waals surface area contributed by atoms with Crippen molar-refractivity contribution in [2.75, 3.05) is 19.7 Å². The number of benzene rings is 1. The van der Waals surface area contributed by atoms with E-state index in [1.54, 1.807) is 12.1 Å². The van der Waals surface area contributed by atoms with Crippen molar-refractivity contribution in [1.82, 2.24) is 4.90 Å². The third kappa shape index (κ3) is 3.56. The number of carbonyl (C=O) groups is 1. The van der Waals surface area contributed by atoms with Crippen LogP contribution in [-0.2, 0) is 9.53 Å². The molecule has 0 bridgehead atoms. The molecule has 0 aliphatic carbocycles. The molecule has 0 spiro atoms. The Morgan fingerprint density at radius 3 is 2.81 bits per heavy atom. The van der Waals surface area contributed by atoms with Crippen LogP contribution in [0.1, 0.15) is 25.5 Å². The molecule has 0 saturated carbocycles. The zero-order chi connectivity index (χ0) is 15.6. The number of hydrogen-bond acceptors (Lipinski definition) is 5. The number of ether oxygens (including phenoxy) is 1. The summed E-state index contributed by atoms with van der Waals surface area (Å²) < 4.78 is 5.36. The summed E-state index contributed by atoms with van der Waals surface area (Å²) in [6, 6.07) is 6.58. The Kier molecular flexibility index (Phi) is 4.24. The molecule has 1 aromatic rings. The van der Waals surface area contributed by atoms with Gasteiger partial charge in [-0.25, -0.2) is 4.79 Å². The molecule has 2 rings (SSSR count). The number of aliphatic carboxylic acids is 1. The van der Waals surface area contributed by atoms with Crippen LogP contribution in [-0.4, -0.2) is 46.2 Å². The number of hydrogen-bond donors (Lipinski definition) is 1. The molecule has 1 atom stereocenters. The van der Waals surface area contributed by atoms with Crippen molar-refractivity contribution in [3.05, 3.63) is 39.9 Å². The maximum atomic E-state index is 10.8. The third-order valence-electron chi connectivity index (χ3n) is 3.73. The van der Waals surface area contributed by atoms with E-state index in [4.69, 9.17) is 9.84 Å². The second-order valence-electron chi connectivity index (χ2n) is 5.57. The van der Waals surface area contributed by atoms with Crippen molar-refractivity contribution in [2.45, 2.75) is 25.5 Å². The number of nitrogens with zero attached hydrogens (tertiary/aromatic N) is 2.